The molecule has 0 amide bonds. The number of nitrogens with zero attached hydrogens (tertiary/aromatic N) is 3. The SMILES string of the molecule is CCN1C=CN(C(C)(C)c2[c-]nccc2)[CH-]1.[Ir]. The first-order valence-electron chi connectivity index (χ1n) is 5.55. The number of aromatic nitrogens is 1. The summed E-state index contributed by atoms with van der Waals surface area (Å²) < 4.78 is 0. The first-order chi connectivity index (χ1) is 7.64. The van der Waals surface area contributed by atoms with Crippen molar-refractivity contribution in [1.82, 2.24) is 14.8 Å². The van der Waals surface area contributed by atoms with Crippen LogP contribution in [0.3, 0.4) is 0 Å². The zero-order valence-electron chi connectivity index (χ0n) is 10.3. The molecule has 0 atom stereocenters. The van der Waals surface area contributed by atoms with Crippen LogP contribution < -0.4 is 0 Å². The largest absolute Gasteiger partial charge is 0.508 e. The molecule has 95 valence electrons. The summed E-state index contributed by atoms with van der Waals surface area (Å²) in [5.74, 6) is 0. The smallest absolute Gasteiger partial charge is 0.0113 e. The Labute approximate surface area is 117 Å². The molecule has 0 saturated heterocycles. The molecular formula is C13H17IrN3-2. The topological polar surface area (TPSA) is 19.4 Å². The van der Waals surface area contributed by atoms with Crippen LogP contribution in [0.15, 0.2) is 30.7 Å². The van der Waals surface area contributed by atoms with E-state index in [9.17, 15) is 0 Å². The number of rotatable bonds is 3. The van der Waals surface area contributed by atoms with Gasteiger partial charge in [-0.1, -0.05) is 19.3 Å². The van der Waals surface area contributed by atoms with Gasteiger partial charge in [0.15, 0.2) is 0 Å². The Bertz CT molecular complexity index is 376. The molecule has 1 aromatic rings. The fraction of sp³-hybridized carbons (Fsp3) is 0.385. The van der Waals surface area contributed by atoms with Gasteiger partial charge in [0.2, 0.25) is 0 Å². The molecule has 0 saturated carbocycles. The van der Waals surface area contributed by atoms with E-state index in [1.165, 1.54) is 0 Å². The summed E-state index contributed by atoms with van der Waals surface area (Å²) in [5, 5.41) is 0. The molecule has 1 aliphatic heterocycles. The van der Waals surface area contributed by atoms with Gasteiger partial charge in [-0.25, -0.2) is 0 Å². The van der Waals surface area contributed by atoms with Gasteiger partial charge in [-0.2, -0.15) is 18.8 Å². The molecule has 0 N–H and O–H groups in total. The minimum atomic E-state index is -0.116. The number of pyridine rings is 1. The van der Waals surface area contributed by atoms with Gasteiger partial charge in [0.25, 0.3) is 0 Å². The van der Waals surface area contributed by atoms with Gasteiger partial charge < -0.3 is 14.8 Å². The summed E-state index contributed by atoms with van der Waals surface area (Å²) in [6, 6.07) is 4.01. The van der Waals surface area contributed by atoms with Crippen molar-refractivity contribution in [3.8, 4) is 0 Å². The molecule has 17 heavy (non-hydrogen) atoms. The summed E-state index contributed by atoms with van der Waals surface area (Å²) in [4.78, 5) is 8.39. The van der Waals surface area contributed by atoms with E-state index >= 15 is 0 Å². The van der Waals surface area contributed by atoms with Crippen LogP contribution in [0.1, 0.15) is 26.3 Å². The zero-order chi connectivity index (χ0) is 11.6. The Balaban J connectivity index is 0.00000144. The van der Waals surface area contributed by atoms with Crippen LogP contribution in [0.25, 0.3) is 0 Å². The Hall–Kier alpha value is -0.861. The van der Waals surface area contributed by atoms with E-state index in [0.717, 1.165) is 12.1 Å². The number of hydrogen-bond donors (Lipinski definition) is 0. The first-order valence-corrected chi connectivity index (χ1v) is 5.55. The van der Waals surface area contributed by atoms with E-state index in [1.807, 2.05) is 6.07 Å². The van der Waals surface area contributed by atoms with E-state index in [0.29, 0.717) is 0 Å². The second-order valence-electron chi connectivity index (χ2n) is 4.37. The Morgan fingerprint density at radius 1 is 1.41 bits per heavy atom. The van der Waals surface area contributed by atoms with Crippen molar-refractivity contribution < 1.29 is 20.1 Å². The van der Waals surface area contributed by atoms with Crippen LogP contribution in [-0.4, -0.2) is 21.3 Å². The quantitative estimate of drug-likeness (QED) is 0.717. The Morgan fingerprint density at radius 2 is 2.18 bits per heavy atom. The average molecular weight is 408 g/mol. The van der Waals surface area contributed by atoms with Crippen LogP contribution in [0.2, 0.25) is 0 Å². The molecule has 1 aliphatic rings. The molecule has 2 rings (SSSR count). The molecule has 0 fully saturated rings. The molecule has 2 heterocycles. The molecule has 1 aromatic heterocycles. The third kappa shape index (κ3) is 2.88. The standard InChI is InChI=1S/C13H17N3.Ir/c1-4-15-8-9-16(11-15)13(2,3)12-6-5-7-14-10-12;/h5-9,11H,4H2,1-3H3;/q-2;. The Morgan fingerprint density at radius 3 is 2.71 bits per heavy atom. The zero-order valence-corrected chi connectivity index (χ0v) is 12.7. The fourth-order valence-electron chi connectivity index (χ4n) is 1.72. The number of hydrogen-bond acceptors (Lipinski definition) is 3. The van der Waals surface area contributed by atoms with Crippen LogP contribution >= 0.6 is 0 Å². The molecule has 0 unspecified atom stereocenters. The fourth-order valence-corrected chi connectivity index (χ4v) is 1.72. The third-order valence-corrected chi connectivity index (χ3v) is 2.97. The van der Waals surface area contributed by atoms with Gasteiger partial charge in [0.1, 0.15) is 0 Å². The molecule has 3 nitrogen and oxygen atoms in total. The monoisotopic (exact) mass is 408 g/mol. The van der Waals surface area contributed by atoms with E-state index in [-0.39, 0.29) is 25.6 Å². The maximum Gasteiger partial charge on any atom is 0.0113 e. The van der Waals surface area contributed by atoms with Gasteiger partial charge >= 0.3 is 0 Å². The molecule has 0 aromatic carbocycles. The molecule has 4 heteroatoms. The van der Waals surface area contributed by atoms with Gasteiger partial charge in [0, 0.05) is 25.6 Å². The predicted octanol–water partition coefficient (Wildman–Crippen LogP) is 2.34. The van der Waals surface area contributed by atoms with E-state index < -0.39 is 0 Å². The predicted molar refractivity (Wildman–Crippen MR) is 63.8 cm³/mol. The van der Waals surface area contributed by atoms with Crippen molar-refractivity contribution in [1.29, 1.82) is 0 Å². The van der Waals surface area contributed by atoms with E-state index in [4.69, 9.17) is 0 Å². The summed E-state index contributed by atoms with van der Waals surface area (Å²) in [5.41, 5.74) is 0.975. The van der Waals surface area contributed by atoms with Crippen LogP contribution in [0, 0.1) is 12.9 Å². The van der Waals surface area contributed by atoms with Gasteiger partial charge in [-0.05, 0) is 32.8 Å². The maximum absolute atomic E-state index is 4.06. The minimum absolute atomic E-state index is 0. The van der Waals surface area contributed by atoms with Crippen molar-refractivity contribution in [3.05, 3.63) is 49.2 Å². The van der Waals surface area contributed by atoms with Crippen molar-refractivity contribution in [2.75, 3.05) is 6.54 Å². The van der Waals surface area contributed by atoms with Crippen molar-refractivity contribution in [2.45, 2.75) is 26.3 Å². The van der Waals surface area contributed by atoms with Gasteiger partial charge in [-0.15, -0.1) is 5.56 Å². The molecule has 0 bridgehead atoms. The molecule has 0 aliphatic carbocycles. The second kappa shape index (κ2) is 5.65. The summed E-state index contributed by atoms with van der Waals surface area (Å²) in [6.07, 6.45) is 8.97. The van der Waals surface area contributed by atoms with Crippen LogP contribution in [0.5, 0.6) is 0 Å². The van der Waals surface area contributed by atoms with E-state index in [2.05, 4.69) is 66.9 Å². The summed E-state index contributed by atoms with van der Waals surface area (Å²) >= 11 is 0. The van der Waals surface area contributed by atoms with Gasteiger partial charge in [-0.3, -0.25) is 0 Å². The molecule has 0 spiro atoms. The summed E-state index contributed by atoms with van der Waals surface area (Å²) in [6.45, 7) is 9.56. The molecule has 1 radical (unpaired) electrons. The third-order valence-electron chi connectivity index (χ3n) is 2.97. The average Bonchev–Trinajstić information content (AvgIpc) is 2.79. The van der Waals surface area contributed by atoms with E-state index in [1.54, 1.807) is 6.20 Å². The van der Waals surface area contributed by atoms with Crippen molar-refractivity contribution in [3.63, 3.8) is 0 Å². The van der Waals surface area contributed by atoms with Gasteiger partial charge in [0.05, 0.1) is 0 Å². The van der Waals surface area contributed by atoms with Crippen LogP contribution in [0.4, 0.5) is 0 Å². The Kier molecular flexibility index (Phi) is 4.72. The minimum Gasteiger partial charge on any atom is -0.508 e. The van der Waals surface area contributed by atoms with Crippen LogP contribution in [-0.2, 0) is 25.6 Å². The van der Waals surface area contributed by atoms with Crippen molar-refractivity contribution in [2.24, 2.45) is 0 Å². The normalized spacial score (nSPS) is 15.0. The molecular weight excluding hydrogens is 390 g/mol. The first kappa shape index (κ1) is 14.2. The maximum atomic E-state index is 4.06. The second-order valence-corrected chi connectivity index (χ2v) is 4.37. The van der Waals surface area contributed by atoms with Crippen molar-refractivity contribution >= 4 is 0 Å². The summed E-state index contributed by atoms with van der Waals surface area (Å²) in [7, 11) is 0.